The van der Waals surface area contributed by atoms with Gasteiger partial charge in [-0.25, -0.2) is 9.37 Å². The fourth-order valence-corrected chi connectivity index (χ4v) is 4.31. The van der Waals surface area contributed by atoms with Crippen LogP contribution in [0.2, 0.25) is 0 Å². The van der Waals surface area contributed by atoms with E-state index >= 15 is 0 Å². The van der Waals surface area contributed by atoms with Gasteiger partial charge in [-0.15, -0.1) is 0 Å². The predicted octanol–water partition coefficient (Wildman–Crippen LogP) is 3.11. The Bertz CT molecular complexity index is 976. The van der Waals surface area contributed by atoms with Crippen molar-refractivity contribution in [2.24, 2.45) is 7.05 Å². The average Bonchev–Trinajstić information content (AvgIpc) is 3.00. The molecule has 2 aromatic heterocycles. The van der Waals surface area contributed by atoms with Crippen LogP contribution in [0.15, 0.2) is 36.5 Å². The van der Waals surface area contributed by atoms with Crippen LogP contribution in [0.5, 0.6) is 0 Å². The number of rotatable bonds is 2. The van der Waals surface area contributed by atoms with Crippen molar-refractivity contribution in [1.29, 1.82) is 0 Å². The number of aryl methyl sites for hydroxylation is 1. The molecule has 1 fully saturated rings. The van der Waals surface area contributed by atoms with Crippen molar-refractivity contribution >= 4 is 22.4 Å². The topological polar surface area (TPSA) is 33.5 Å². The van der Waals surface area contributed by atoms with Crippen LogP contribution in [0.25, 0.3) is 10.9 Å². The number of fused-ring (bicyclic) bond motifs is 3. The largest absolute Gasteiger partial charge is 0.378 e. The van der Waals surface area contributed by atoms with Gasteiger partial charge in [-0.3, -0.25) is 0 Å². The maximum absolute atomic E-state index is 13.7. The molecule has 0 N–H and O–H groups in total. The van der Waals surface area contributed by atoms with Crippen LogP contribution < -0.4 is 9.80 Å². The predicted molar refractivity (Wildman–Crippen MR) is 105 cm³/mol. The van der Waals surface area contributed by atoms with Crippen LogP contribution >= 0.6 is 0 Å². The van der Waals surface area contributed by atoms with E-state index in [1.807, 2.05) is 19.3 Å². The number of benzene rings is 1. The molecule has 0 saturated carbocycles. The zero-order valence-corrected chi connectivity index (χ0v) is 15.5. The minimum Gasteiger partial charge on any atom is -0.378 e. The minimum absolute atomic E-state index is 0.180. The lowest BCUT2D eigenvalue weighted by Gasteiger charge is -2.31. The lowest BCUT2D eigenvalue weighted by molar-refractivity contribution is 0.122. The summed E-state index contributed by atoms with van der Waals surface area (Å²) in [4.78, 5) is 9.31. The van der Waals surface area contributed by atoms with Crippen molar-refractivity contribution in [2.75, 3.05) is 42.6 Å². The standard InChI is InChI=1S/C21H23FN4O/c1-24-19-6-7-26(14-18(19)17-4-2-15(22)12-20(17)24)16-3-5-21(23-13-16)25-8-10-27-11-9-25/h2-5,12-13H,6-11,14H2,1H3. The van der Waals surface area contributed by atoms with E-state index in [2.05, 4.69) is 31.5 Å². The molecular formula is C21H23FN4O. The molecule has 0 amide bonds. The highest BCUT2D eigenvalue weighted by atomic mass is 19.1. The molecule has 0 bridgehead atoms. The molecule has 2 aliphatic rings. The van der Waals surface area contributed by atoms with Gasteiger partial charge in [0, 0.05) is 56.3 Å². The monoisotopic (exact) mass is 366 g/mol. The van der Waals surface area contributed by atoms with Gasteiger partial charge in [0.15, 0.2) is 0 Å². The summed E-state index contributed by atoms with van der Waals surface area (Å²) in [7, 11) is 2.04. The van der Waals surface area contributed by atoms with E-state index in [1.54, 1.807) is 12.1 Å². The van der Waals surface area contributed by atoms with Gasteiger partial charge in [-0.1, -0.05) is 0 Å². The lowest BCUT2D eigenvalue weighted by Crippen LogP contribution is -2.36. The van der Waals surface area contributed by atoms with Crippen LogP contribution in [0, 0.1) is 5.82 Å². The van der Waals surface area contributed by atoms with E-state index in [0.717, 1.165) is 68.2 Å². The Labute approximate surface area is 158 Å². The molecule has 3 aromatic rings. The molecule has 0 aliphatic carbocycles. The fraction of sp³-hybridized carbons (Fsp3) is 0.381. The number of aromatic nitrogens is 2. The molecule has 140 valence electrons. The van der Waals surface area contributed by atoms with E-state index < -0.39 is 0 Å². The van der Waals surface area contributed by atoms with Crippen LogP contribution in [0.1, 0.15) is 11.3 Å². The van der Waals surface area contributed by atoms with Crippen molar-refractivity contribution in [3.05, 3.63) is 53.6 Å². The van der Waals surface area contributed by atoms with Crippen molar-refractivity contribution < 1.29 is 9.13 Å². The minimum atomic E-state index is -0.180. The highest BCUT2D eigenvalue weighted by Crippen LogP contribution is 2.32. The zero-order valence-electron chi connectivity index (χ0n) is 15.5. The van der Waals surface area contributed by atoms with Gasteiger partial charge >= 0.3 is 0 Å². The number of nitrogens with zero attached hydrogens (tertiary/aromatic N) is 4. The summed E-state index contributed by atoms with van der Waals surface area (Å²) in [6.07, 6.45) is 2.92. The highest BCUT2D eigenvalue weighted by molar-refractivity contribution is 5.86. The van der Waals surface area contributed by atoms with E-state index in [0.29, 0.717) is 0 Å². The number of pyridine rings is 1. The third-order valence-corrected chi connectivity index (χ3v) is 5.80. The molecule has 1 saturated heterocycles. The number of hydrogen-bond donors (Lipinski definition) is 0. The first-order valence-electron chi connectivity index (χ1n) is 9.50. The van der Waals surface area contributed by atoms with Crippen LogP contribution in [-0.4, -0.2) is 42.4 Å². The van der Waals surface area contributed by atoms with Crippen LogP contribution in [0.4, 0.5) is 15.9 Å². The normalized spacial score (nSPS) is 17.4. The Morgan fingerprint density at radius 1 is 1.04 bits per heavy atom. The van der Waals surface area contributed by atoms with Gasteiger partial charge < -0.3 is 19.1 Å². The van der Waals surface area contributed by atoms with Crippen molar-refractivity contribution in [3.63, 3.8) is 0 Å². The van der Waals surface area contributed by atoms with Crippen LogP contribution in [-0.2, 0) is 24.8 Å². The molecule has 4 heterocycles. The number of halogens is 1. The van der Waals surface area contributed by atoms with Gasteiger partial charge in [-0.05, 0) is 30.3 Å². The van der Waals surface area contributed by atoms with Gasteiger partial charge in [0.05, 0.1) is 30.6 Å². The first-order chi connectivity index (χ1) is 13.2. The molecule has 0 atom stereocenters. The Balaban J connectivity index is 1.42. The number of ether oxygens (including phenoxy) is 1. The quantitative estimate of drug-likeness (QED) is 0.698. The number of morpholine rings is 1. The van der Waals surface area contributed by atoms with E-state index in [-0.39, 0.29) is 5.82 Å². The maximum atomic E-state index is 13.7. The average molecular weight is 366 g/mol. The third-order valence-electron chi connectivity index (χ3n) is 5.80. The van der Waals surface area contributed by atoms with Crippen molar-refractivity contribution in [2.45, 2.75) is 13.0 Å². The zero-order chi connectivity index (χ0) is 18.4. The summed E-state index contributed by atoms with van der Waals surface area (Å²) >= 11 is 0. The third kappa shape index (κ3) is 2.84. The van der Waals surface area contributed by atoms with E-state index in [9.17, 15) is 4.39 Å². The summed E-state index contributed by atoms with van der Waals surface area (Å²) in [5.74, 6) is 0.834. The molecule has 0 radical (unpaired) electrons. The number of anilines is 2. The van der Waals surface area contributed by atoms with Gasteiger partial charge in [0.2, 0.25) is 0 Å². The van der Waals surface area contributed by atoms with Crippen molar-refractivity contribution in [1.82, 2.24) is 9.55 Å². The first-order valence-corrected chi connectivity index (χ1v) is 9.50. The second-order valence-electron chi connectivity index (χ2n) is 7.29. The highest BCUT2D eigenvalue weighted by Gasteiger charge is 2.23. The second kappa shape index (κ2) is 6.53. The summed E-state index contributed by atoms with van der Waals surface area (Å²) in [6, 6.07) is 9.37. The Morgan fingerprint density at radius 2 is 1.89 bits per heavy atom. The Morgan fingerprint density at radius 3 is 2.67 bits per heavy atom. The summed E-state index contributed by atoms with van der Waals surface area (Å²) in [6.45, 7) is 5.09. The molecule has 5 rings (SSSR count). The van der Waals surface area contributed by atoms with Gasteiger partial charge in [0.25, 0.3) is 0 Å². The lowest BCUT2D eigenvalue weighted by atomic mass is 10.0. The molecule has 0 unspecified atom stereocenters. The smallest absolute Gasteiger partial charge is 0.128 e. The molecule has 6 heteroatoms. The SMILES string of the molecule is Cn1c2c(c3ccc(F)cc31)CN(c1ccc(N3CCOCC3)nc1)CC2. The van der Waals surface area contributed by atoms with Crippen molar-refractivity contribution in [3.8, 4) is 0 Å². The Kier molecular flexibility index (Phi) is 4.01. The van der Waals surface area contributed by atoms with Gasteiger partial charge in [0.1, 0.15) is 11.6 Å². The first kappa shape index (κ1) is 16.6. The summed E-state index contributed by atoms with van der Waals surface area (Å²) in [5.41, 5.74) is 4.72. The molecule has 27 heavy (non-hydrogen) atoms. The molecule has 5 nitrogen and oxygen atoms in total. The number of hydrogen-bond acceptors (Lipinski definition) is 4. The van der Waals surface area contributed by atoms with Crippen LogP contribution in [0.3, 0.4) is 0 Å². The molecule has 0 spiro atoms. The fourth-order valence-electron chi connectivity index (χ4n) is 4.31. The molecular weight excluding hydrogens is 343 g/mol. The second-order valence-corrected chi connectivity index (χ2v) is 7.29. The Hall–Kier alpha value is -2.60. The summed E-state index contributed by atoms with van der Waals surface area (Å²) < 4.78 is 21.2. The molecule has 2 aliphatic heterocycles. The van der Waals surface area contributed by atoms with E-state index in [1.165, 1.54) is 11.3 Å². The summed E-state index contributed by atoms with van der Waals surface area (Å²) in [5, 5.41) is 1.15. The molecule has 1 aromatic carbocycles. The maximum Gasteiger partial charge on any atom is 0.128 e. The van der Waals surface area contributed by atoms with E-state index in [4.69, 9.17) is 4.74 Å². The van der Waals surface area contributed by atoms with Gasteiger partial charge in [-0.2, -0.15) is 0 Å².